The number of aromatic nitrogens is 3. The Morgan fingerprint density at radius 2 is 1.93 bits per heavy atom. The van der Waals surface area contributed by atoms with E-state index < -0.39 is 12.0 Å². The Balaban J connectivity index is 1.66. The van der Waals surface area contributed by atoms with Gasteiger partial charge in [-0.25, -0.2) is 9.48 Å². The SMILES string of the molecule is O=C(O)C1=CC(c2ccc(O)c(O)c2)n2nc(SCc3ccccc3)nc2N1. The van der Waals surface area contributed by atoms with E-state index in [0.29, 0.717) is 22.4 Å². The lowest BCUT2D eigenvalue weighted by Gasteiger charge is -2.22. The summed E-state index contributed by atoms with van der Waals surface area (Å²) >= 11 is 1.44. The molecule has 9 heteroatoms. The molecule has 0 bridgehead atoms. The zero-order valence-corrected chi connectivity index (χ0v) is 15.3. The molecule has 1 atom stereocenters. The summed E-state index contributed by atoms with van der Waals surface area (Å²) in [5.41, 5.74) is 1.66. The molecular weight excluding hydrogens is 380 g/mol. The minimum atomic E-state index is -1.12. The van der Waals surface area contributed by atoms with Gasteiger partial charge in [-0.3, -0.25) is 0 Å². The number of hydrogen-bond acceptors (Lipinski definition) is 7. The molecule has 2 heterocycles. The molecule has 1 unspecified atom stereocenters. The van der Waals surface area contributed by atoms with Crippen LogP contribution in [0, 0.1) is 0 Å². The molecule has 2 aromatic carbocycles. The largest absolute Gasteiger partial charge is 0.504 e. The number of fused-ring (bicyclic) bond motifs is 1. The van der Waals surface area contributed by atoms with E-state index in [-0.39, 0.29) is 17.2 Å². The fourth-order valence-corrected chi connectivity index (χ4v) is 3.63. The summed E-state index contributed by atoms with van der Waals surface area (Å²) in [6.45, 7) is 0. The number of aromatic hydroxyl groups is 2. The van der Waals surface area contributed by atoms with Crippen molar-refractivity contribution in [1.29, 1.82) is 0 Å². The van der Waals surface area contributed by atoms with Gasteiger partial charge in [-0.2, -0.15) is 4.98 Å². The number of anilines is 1. The molecule has 0 aliphatic carbocycles. The van der Waals surface area contributed by atoms with Gasteiger partial charge in [-0.05, 0) is 29.3 Å². The Morgan fingerprint density at radius 3 is 2.64 bits per heavy atom. The number of hydrogen-bond donors (Lipinski definition) is 4. The van der Waals surface area contributed by atoms with E-state index in [1.807, 2.05) is 30.3 Å². The van der Waals surface area contributed by atoms with Gasteiger partial charge in [0.05, 0.1) is 0 Å². The molecule has 4 N–H and O–H groups in total. The van der Waals surface area contributed by atoms with E-state index in [1.54, 1.807) is 10.7 Å². The first-order valence-corrected chi connectivity index (χ1v) is 9.37. The summed E-state index contributed by atoms with van der Waals surface area (Å²) in [7, 11) is 0. The van der Waals surface area contributed by atoms with Crippen LogP contribution in [-0.4, -0.2) is 36.1 Å². The highest BCUT2D eigenvalue weighted by Crippen LogP contribution is 2.35. The molecule has 0 saturated carbocycles. The zero-order chi connectivity index (χ0) is 19.7. The second-order valence-electron chi connectivity index (χ2n) is 6.14. The number of thioether (sulfide) groups is 1. The van der Waals surface area contributed by atoms with Crippen molar-refractivity contribution in [3.63, 3.8) is 0 Å². The molecule has 0 amide bonds. The number of rotatable bonds is 5. The number of phenols is 2. The summed E-state index contributed by atoms with van der Waals surface area (Å²) in [5, 5.41) is 36.5. The molecule has 0 fully saturated rings. The molecule has 142 valence electrons. The number of allylic oxidation sites excluding steroid dienone is 1. The van der Waals surface area contributed by atoms with Crippen LogP contribution >= 0.6 is 11.8 Å². The van der Waals surface area contributed by atoms with Gasteiger partial charge in [0.2, 0.25) is 11.1 Å². The van der Waals surface area contributed by atoms with Crippen molar-refractivity contribution >= 4 is 23.7 Å². The Kier molecular flexibility index (Phi) is 4.66. The summed E-state index contributed by atoms with van der Waals surface area (Å²) in [5.74, 6) is -0.692. The maximum absolute atomic E-state index is 11.5. The Hall–Kier alpha value is -3.46. The number of aliphatic carboxylic acids is 1. The minimum Gasteiger partial charge on any atom is -0.504 e. The van der Waals surface area contributed by atoms with Crippen molar-refractivity contribution in [2.24, 2.45) is 0 Å². The van der Waals surface area contributed by atoms with Crippen molar-refractivity contribution in [1.82, 2.24) is 14.8 Å². The predicted octanol–water partition coefficient (Wildman–Crippen LogP) is 2.97. The Bertz CT molecular complexity index is 1070. The number of benzene rings is 2. The van der Waals surface area contributed by atoms with Gasteiger partial charge in [-0.15, -0.1) is 5.10 Å². The van der Waals surface area contributed by atoms with Gasteiger partial charge in [0.1, 0.15) is 11.7 Å². The van der Waals surface area contributed by atoms with Crippen LogP contribution in [0.15, 0.2) is 65.5 Å². The second kappa shape index (κ2) is 7.28. The van der Waals surface area contributed by atoms with Gasteiger partial charge in [0, 0.05) is 5.75 Å². The van der Waals surface area contributed by atoms with Crippen LogP contribution in [0.1, 0.15) is 17.2 Å². The normalized spacial score (nSPS) is 15.4. The summed E-state index contributed by atoms with van der Waals surface area (Å²) < 4.78 is 1.56. The summed E-state index contributed by atoms with van der Waals surface area (Å²) in [4.78, 5) is 15.9. The molecular formula is C19H16N4O4S. The number of phenolic OH excluding ortho intramolecular Hbond substituents is 2. The Morgan fingerprint density at radius 1 is 1.14 bits per heavy atom. The fourth-order valence-electron chi connectivity index (χ4n) is 2.84. The van der Waals surface area contributed by atoms with Crippen LogP contribution in [0.5, 0.6) is 11.5 Å². The van der Waals surface area contributed by atoms with Crippen LogP contribution in [-0.2, 0) is 10.5 Å². The molecule has 28 heavy (non-hydrogen) atoms. The third-order valence-corrected chi connectivity index (χ3v) is 5.14. The number of carboxylic acid groups (broad SMARTS) is 1. The van der Waals surface area contributed by atoms with Crippen molar-refractivity contribution in [3.05, 3.63) is 71.4 Å². The molecule has 1 aliphatic rings. The Labute approximate surface area is 164 Å². The van der Waals surface area contributed by atoms with Crippen LogP contribution in [0.4, 0.5) is 5.95 Å². The van der Waals surface area contributed by atoms with E-state index in [2.05, 4.69) is 15.4 Å². The molecule has 1 aromatic heterocycles. The lowest BCUT2D eigenvalue weighted by molar-refractivity contribution is -0.132. The first-order valence-electron chi connectivity index (χ1n) is 8.38. The van der Waals surface area contributed by atoms with Crippen molar-refractivity contribution in [2.45, 2.75) is 17.0 Å². The van der Waals surface area contributed by atoms with E-state index in [9.17, 15) is 20.1 Å². The summed E-state index contributed by atoms with van der Waals surface area (Å²) in [6.07, 6.45) is 1.49. The second-order valence-corrected chi connectivity index (χ2v) is 7.08. The highest BCUT2D eigenvalue weighted by Gasteiger charge is 2.27. The molecule has 8 nitrogen and oxygen atoms in total. The topological polar surface area (TPSA) is 120 Å². The van der Waals surface area contributed by atoms with Crippen LogP contribution in [0.25, 0.3) is 0 Å². The highest BCUT2D eigenvalue weighted by atomic mass is 32.2. The molecule has 4 rings (SSSR count). The van der Waals surface area contributed by atoms with E-state index in [0.717, 1.165) is 5.56 Å². The lowest BCUT2D eigenvalue weighted by Crippen LogP contribution is -2.24. The van der Waals surface area contributed by atoms with Crippen LogP contribution in [0.3, 0.4) is 0 Å². The van der Waals surface area contributed by atoms with Crippen molar-refractivity contribution in [3.8, 4) is 11.5 Å². The van der Waals surface area contributed by atoms with Gasteiger partial charge in [-0.1, -0.05) is 48.2 Å². The number of nitrogens with zero attached hydrogens (tertiary/aromatic N) is 3. The average Bonchev–Trinajstić information content (AvgIpc) is 3.11. The van der Waals surface area contributed by atoms with E-state index >= 15 is 0 Å². The number of nitrogens with one attached hydrogen (secondary N) is 1. The first kappa shape index (κ1) is 17.9. The monoisotopic (exact) mass is 396 g/mol. The van der Waals surface area contributed by atoms with E-state index in [1.165, 1.54) is 30.0 Å². The fraction of sp³-hybridized carbons (Fsp3) is 0.105. The minimum absolute atomic E-state index is 0.0305. The quantitative estimate of drug-likeness (QED) is 0.384. The number of carbonyl (C=O) groups is 1. The van der Waals surface area contributed by atoms with Crippen LogP contribution < -0.4 is 5.32 Å². The van der Waals surface area contributed by atoms with Gasteiger partial charge < -0.3 is 20.6 Å². The van der Waals surface area contributed by atoms with Crippen LogP contribution in [0.2, 0.25) is 0 Å². The molecule has 1 aliphatic heterocycles. The highest BCUT2D eigenvalue weighted by molar-refractivity contribution is 7.98. The van der Waals surface area contributed by atoms with E-state index in [4.69, 9.17) is 0 Å². The number of carboxylic acids is 1. The molecule has 0 radical (unpaired) electrons. The van der Waals surface area contributed by atoms with Gasteiger partial charge in [0.15, 0.2) is 11.5 Å². The van der Waals surface area contributed by atoms with Gasteiger partial charge in [0.25, 0.3) is 0 Å². The van der Waals surface area contributed by atoms with Gasteiger partial charge >= 0.3 is 5.97 Å². The maximum atomic E-state index is 11.5. The average molecular weight is 396 g/mol. The third-order valence-electron chi connectivity index (χ3n) is 4.23. The zero-order valence-electron chi connectivity index (χ0n) is 14.5. The van der Waals surface area contributed by atoms with Crippen molar-refractivity contribution < 1.29 is 20.1 Å². The van der Waals surface area contributed by atoms with Crippen molar-refractivity contribution in [2.75, 3.05) is 5.32 Å². The lowest BCUT2D eigenvalue weighted by atomic mass is 10.0. The maximum Gasteiger partial charge on any atom is 0.352 e. The standard InChI is InChI=1S/C19H16N4O4S/c24-15-7-6-12(8-16(15)25)14-9-13(17(26)27)20-18-21-19(22-23(14)18)28-10-11-4-2-1-3-5-11/h1-9,14,24-25H,10H2,(H,26,27)(H,20,21,22). The molecule has 0 spiro atoms. The molecule has 3 aromatic rings. The smallest absolute Gasteiger partial charge is 0.352 e. The first-order chi connectivity index (χ1) is 13.5. The third kappa shape index (κ3) is 3.52. The predicted molar refractivity (Wildman–Crippen MR) is 103 cm³/mol. The molecule has 0 saturated heterocycles. The summed E-state index contributed by atoms with van der Waals surface area (Å²) in [6, 6.07) is 13.6.